The Labute approximate surface area is 104 Å². The Morgan fingerprint density at radius 1 is 1.12 bits per heavy atom. The highest BCUT2D eigenvalue weighted by molar-refractivity contribution is 7.15. The molecule has 0 unspecified atom stereocenters. The van der Waals surface area contributed by atoms with Crippen molar-refractivity contribution in [1.82, 2.24) is 4.98 Å². The average Bonchev–Trinajstić information content (AvgIpc) is 2.80. The van der Waals surface area contributed by atoms with Gasteiger partial charge in [0.2, 0.25) is 5.69 Å². The third-order valence-corrected chi connectivity index (χ3v) is 3.98. The number of nitrogens with zero attached hydrogens (tertiary/aromatic N) is 2. The van der Waals surface area contributed by atoms with Gasteiger partial charge in [-0.05, 0) is 24.6 Å². The van der Waals surface area contributed by atoms with Crippen LogP contribution in [0.2, 0.25) is 0 Å². The maximum absolute atomic E-state index is 4.33. The minimum atomic E-state index is 1.06. The molecule has 2 nitrogen and oxygen atoms in total. The maximum atomic E-state index is 4.33. The Kier molecular flexibility index (Phi) is 2.41. The van der Waals surface area contributed by atoms with Gasteiger partial charge in [0, 0.05) is 11.6 Å². The molecule has 3 aromatic rings. The predicted molar refractivity (Wildman–Crippen MR) is 71.0 cm³/mol. The predicted octanol–water partition coefficient (Wildman–Crippen LogP) is 3.10. The number of thiazole rings is 1. The standard InChI is InChI=1S/C14H13N2S/c1-10-5-3-4-6-11(10)13-8-7-12-14(16(13)2)17-9-15-12/h3-9H,1-2H3/q+1. The zero-order chi connectivity index (χ0) is 11.8. The lowest BCUT2D eigenvalue weighted by Crippen LogP contribution is -2.31. The van der Waals surface area contributed by atoms with E-state index < -0.39 is 0 Å². The third-order valence-electron chi connectivity index (χ3n) is 3.06. The van der Waals surface area contributed by atoms with E-state index in [4.69, 9.17) is 0 Å². The van der Waals surface area contributed by atoms with Gasteiger partial charge in [-0.15, -0.1) is 0 Å². The summed E-state index contributed by atoms with van der Waals surface area (Å²) in [4.78, 5) is 5.55. The third kappa shape index (κ3) is 1.63. The fourth-order valence-corrected chi connectivity index (χ4v) is 2.89. The fourth-order valence-electron chi connectivity index (χ4n) is 2.12. The van der Waals surface area contributed by atoms with E-state index in [9.17, 15) is 0 Å². The zero-order valence-corrected chi connectivity index (χ0v) is 10.7. The van der Waals surface area contributed by atoms with Crippen molar-refractivity contribution in [2.24, 2.45) is 7.05 Å². The molecule has 2 heterocycles. The van der Waals surface area contributed by atoms with E-state index in [-0.39, 0.29) is 0 Å². The SMILES string of the molecule is Cc1ccccc1-c1ccc2ncsc2[n+]1C. The number of hydrogen-bond donors (Lipinski definition) is 0. The van der Waals surface area contributed by atoms with Crippen molar-refractivity contribution in [1.29, 1.82) is 0 Å². The summed E-state index contributed by atoms with van der Waals surface area (Å²) in [5, 5.41) is 0. The monoisotopic (exact) mass is 241 g/mol. The highest BCUT2D eigenvalue weighted by atomic mass is 32.1. The number of hydrogen-bond acceptors (Lipinski definition) is 2. The Balaban J connectivity index is 2.31. The van der Waals surface area contributed by atoms with Crippen LogP contribution >= 0.6 is 11.3 Å². The largest absolute Gasteiger partial charge is 0.289 e. The zero-order valence-electron chi connectivity index (χ0n) is 9.84. The Morgan fingerprint density at radius 2 is 1.94 bits per heavy atom. The summed E-state index contributed by atoms with van der Waals surface area (Å²) >= 11 is 1.68. The van der Waals surface area contributed by atoms with Gasteiger partial charge in [-0.1, -0.05) is 29.5 Å². The van der Waals surface area contributed by atoms with Crippen molar-refractivity contribution in [3.8, 4) is 11.3 Å². The van der Waals surface area contributed by atoms with Crippen LogP contribution in [0.1, 0.15) is 5.56 Å². The Hall–Kier alpha value is -1.74. The molecule has 3 rings (SSSR count). The number of pyridine rings is 1. The molecule has 0 bridgehead atoms. The molecule has 0 amide bonds. The summed E-state index contributed by atoms with van der Waals surface area (Å²) in [6.07, 6.45) is 0. The van der Waals surface area contributed by atoms with Crippen LogP contribution in [0.25, 0.3) is 21.6 Å². The molecule has 0 N–H and O–H groups in total. The number of rotatable bonds is 1. The molecule has 1 aromatic carbocycles. The van der Waals surface area contributed by atoms with Crippen molar-refractivity contribution < 1.29 is 4.57 Å². The summed E-state index contributed by atoms with van der Waals surface area (Å²) < 4.78 is 2.22. The Bertz CT molecular complexity index is 686. The molecular formula is C14H13N2S+. The average molecular weight is 241 g/mol. The molecule has 84 valence electrons. The highest BCUT2D eigenvalue weighted by Gasteiger charge is 2.16. The number of benzene rings is 1. The van der Waals surface area contributed by atoms with Crippen LogP contribution in [-0.2, 0) is 7.05 Å². The van der Waals surface area contributed by atoms with Gasteiger partial charge in [-0.25, -0.2) is 4.98 Å². The molecule has 0 aliphatic carbocycles. The van der Waals surface area contributed by atoms with Crippen LogP contribution in [0.4, 0.5) is 0 Å². The molecular weight excluding hydrogens is 228 g/mol. The lowest BCUT2D eigenvalue weighted by molar-refractivity contribution is -0.631. The van der Waals surface area contributed by atoms with Gasteiger partial charge in [0.25, 0.3) is 4.83 Å². The molecule has 0 fully saturated rings. The van der Waals surface area contributed by atoms with Gasteiger partial charge < -0.3 is 0 Å². The molecule has 3 heteroatoms. The van der Waals surface area contributed by atoms with Gasteiger partial charge in [0.1, 0.15) is 12.6 Å². The van der Waals surface area contributed by atoms with Crippen molar-refractivity contribution in [3.63, 3.8) is 0 Å². The minimum absolute atomic E-state index is 1.06. The van der Waals surface area contributed by atoms with Crippen molar-refractivity contribution in [2.45, 2.75) is 6.92 Å². The molecule has 2 aromatic heterocycles. The highest BCUT2D eigenvalue weighted by Crippen LogP contribution is 2.22. The molecule has 0 spiro atoms. The van der Waals surface area contributed by atoms with Gasteiger partial charge in [-0.3, -0.25) is 0 Å². The second kappa shape index (κ2) is 3.93. The number of fused-ring (bicyclic) bond motifs is 1. The molecule has 0 saturated heterocycles. The van der Waals surface area contributed by atoms with Gasteiger partial charge >= 0.3 is 0 Å². The summed E-state index contributed by atoms with van der Waals surface area (Å²) in [7, 11) is 2.10. The molecule has 0 saturated carbocycles. The van der Waals surface area contributed by atoms with Crippen molar-refractivity contribution in [3.05, 3.63) is 47.5 Å². The van der Waals surface area contributed by atoms with Crippen LogP contribution in [-0.4, -0.2) is 4.98 Å². The van der Waals surface area contributed by atoms with Crippen LogP contribution in [0.15, 0.2) is 41.9 Å². The maximum Gasteiger partial charge on any atom is 0.289 e. The number of aryl methyl sites for hydroxylation is 2. The van der Waals surface area contributed by atoms with E-state index >= 15 is 0 Å². The van der Waals surface area contributed by atoms with E-state index in [0.29, 0.717) is 0 Å². The normalized spacial score (nSPS) is 10.9. The van der Waals surface area contributed by atoms with E-state index in [2.05, 4.69) is 59.9 Å². The first kappa shape index (κ1) is 10.4. The quantitative estimate of drug-likeness (QED) is 0.598. The van der Waals surface area contributed by atoms with Crippen LogP contribution in [0.3, 0.4) is 0 Å². The molecule has 0 atom stereocenters. The van der Waals surface area contributed by atoms with E-state index in [1.54, 1.807) is 11.3 Å². The Morgan fingerprint density at radius 3 is 2.76 bits per heavy atom. The fraction of sp³-hybridized carbons (Fsp3) is 0.143. The van der Waals surface area contributed by atoms with E-state index in [1.165, 1.54) is 21.7 Å². The smallest absolute Gasteiger partial charge is 0.238 e. The number of aromatic nitrogens is 2. The van der Waals surface area contributed by atoms with Gasteiger partial charge in [-0.2, -0.15) is 4.57 Å². The second-order valence-electron chi connectivity index (χ2n) is 4.14. The summed E-state index contributed by atoms with van der Waals surface area (Å²) in [5.74, 6) is 0. The van der Waals surface area contributed by atoms with Crippen LogP contribution in [0, 0.1) is 6.92 Å². The first-order valence-electron chi connectivity index (χ1n) is 5.55. The topological polar surface area (TPSA) is 16.8 Å². The molecule has 0 radical (unpaired) electrons. The molecule has 0 aliphatic rings. The lowest BCUT2D eigenvalue weighted by atomic mass is 10.1. The van der Waals surface area contributed by atoms with Crippen LogP contribution in [0.5, 0.6) is 0 Å². The molecule has 17 heavy (non-hydrogen) atoms. The lowest BCUT2D eigenvalue weighted by Gasteiger charge is -2.03. The first-order valence-corrected chi connectivity index (χ1v) is 6.43. The first-order chi connectivity index (χ1) is 8.27. The van der Waals surface area contributed by atoms with Gasteiger partial charge in [0.15, 0.2) is 0 Å². The second-order valence-corrected chi connectivity index (χ2v) is 4.97. The summed E-state index contributed by atoms with van der Waals surface area (Å²) in [5.41, 5.74) is 6.78. The summed E-state index contributed by atoms with van der Waals surface area (Å²) in [6.45, 7) is 2.15. The summed E-state index contributed by atoms with van der Waals surface area (Å²) in [6, 6.07) is 12.7. The van der Waals surface area contributed by atoms with Crippen molar-refractivity contribution in [2.75, 3.05) is 0 Å². The van der Waals surface area contributed by atoms with E-state index in [1.807, 2.05) is 5.51 Å². The van der Waals surface area contributed by atoms with Crippen molar-refractivity contribution >= 4 is 21.7 Å². The molecule has 0 aliphatic heterocycles. The van der Waals surface area contributed by atoms with Gasteiger partial charge in [0.05, 0.1) is 5.51 Å². The van der Waals surface area contributed by atoms with E-state index in [0.717, 1.165) is 5.52 Å². The minimum Gasteiger partial charge on any atom is -0.238 e. The van der Waals surface area contributed by atoms with Crippen LogP contribution < -0.4 is 4.57 Å².